The van der Waals surface area contributed by atoms with Crippen molar-refractivity contribution in [1.82, 2.24) is 9.78 Å². The van der Waals surface area contributed by atoms with E-state index in [1.165, 1.54) is 5.56 Å². The van der Waals surface area contributed by atoms with Gasteiger partial charge in [0.1, 0.15) is 0 Å². The molecule has 0 aliphatic rings. The summed E-state index contributed by atoms with van der Waals surface area (Å²) >= 11 is 3.42. The van der Waals surface area contributed by atoms with Crippen LogP contribution in [0, 0.1) is 13.8 Å². The van der Waals surface area contributed by atoms with Crippen LogP contribution in [0.1, 0.15) is 17.0 Å². The van der Waals surface area contributed by atoms with Crippen LogP contribution in [0.5, 0.6) is 0 Å². The Hall–Kier alpha value is -1.29. The first-order chi connectivity index (χ1) is 7.58. The second-order valence-corrected chi connectivity index (χ2v) is 4.78. The summed E-state index contributed by atoms with van der Waals surface area (Å²) in [7, 11) is 0. The summed E-state index contributed by atoms with van der Waals surface area (Å²) in [5.41, 5.74) is 9.82. The van der Waals surface area contributed by atoms with Gasteiger partial charge in [-0.3, -0.25) is 4.68 Å². The molecular formula is C12H14BrN3. The first kappa shape index (κ1) is 11.2. The van der Waals surface area contributed by atoms with Crippen LogP contribution in [0.3, 0.4) is 0 Å². The predicted molar refractivity (Wildman–Crippen MR) is 69.4 cm³/mol. The zero-order valence-electron chi connectivity index (χ0n) is 9.37. The highest BCUT2D eigenvalue weighted by atomic mass is 79.9. The molecule has 0 aliphatic heterocycles. The summed E-state index contributed by atoms with van der Waals surface area (Å²) in [5, 5.41) is 4.41. The van der Waals surface area contributed by atoms with Crippen LogP contribution in [-0.4, -0.2) is 9.78 Å². The van der Waals surface area contributed by atoms with Gasteiger partial charge in [0.25, 0.3) is 0 Å². The van der Waals surface area contributed by atoms with Crippen LogP contribution >= 0.6 is 15.9 Å². The van der Waals surface area contributed by atoms with E-state index in [0.717, 1.165) is 28.1 Å². The third kappa shape index (κ3) is 2.11. The van der Waals surface area contributed by atoms with E-state index in [4.69, 9.17) is 5.73 Å². The lowest BCUT2D eigenvalue weighted by atomic mass is 10.2. The van der Waals surface area contributed by atoms with Crippen molar-refractivity contribution in [3.05, 3.63) is 45.7 Å². The molecule has 0 atom stereocenters. The van der Waals surface area contributed by atoms with Gasteiger partial charge in [-0.1, -0.05) is 28.1 Å². The molecule has 0 aliphatic carbocycles. The van der Waals surface area contributed by atoms with Crippen LogP contribution in [0.15, 0.2) is 28.7 Å². The number of hydrogen-bond donors (Lipinski definition) is 1. The quantitative estimate of drug-likeness (QED) is 0.919. The predicted octanol–water partition coefficient (Wildman–Crippen LogP) is 2.89. The zero-order chi connectivity index (χ0) is 11.7. The van der Waals surface area contributed by atoms with Crippen molar-refractivity contribution in [3.8, 4) is 0 Å². The molecule has 0 spiro atoms. The maximum Gasteiger partial charge on any atom is 0.0826 e. The van der Waals surface area contributed by atoms with Crippen molar-refractivity contribution in [2.45, 2.75) is 20.4 Å². The number of hydrogen-bond acceptors (Lipinski definition) is 2. The van der Waals surface area contributed by atoms with Crippen LogP contribution < -0.4 is 5.73 Å². The Morgan fingerprint density at radius 2 is 1.88 bits per heavy atom. The second kappa shape index (κ2) is 4.29. The number of rotatable bonds is 2. The molecule has 3 nitrogen and oxygen atoms in total. The van der Waals surface area contributed by atoms with Gasteiger partial charge in [0.15, 0.2) is 0 Å². The molecule has 0 fully saturated rings. The van der Waals surface area contributed by atoms with Crippen LogP contribution in [0.4, 0.5) is 5.69 Å². The molecule has 4 heteroatoms. The first-order valence-corrected chi connectivity index (χ1v) is 5.91. The van der Waals surface area contributed by atoms with Crippen molar-refractivity contribution in [2.24, 2.45) is 0 Å². The third-order valence-electron chi connectivity index (χ3n) is 2.68. The fraction of sp³-hybridized carbons (Fsp3) is 0.250. The van der Waals surface area contributed by atoms with E-state index < -0.39 is 0 Å². The molecule has 1 heterocycles. The molecular weight excluding hydrogens is 266 g/mol. The number of aromatic nitrogens is 2. The summed E-state index contributed by atoms with van der Waals surface area (Å²) in [5.74, 6) is 0. The van der Waals surface area contributed by atoms with Crippen molar-refractivity contribution < 1.29 is 0 Å². The van der Waals surface area contributed by atoms with Gasteiger partial charge in [0.05, 0.1) is 23.6 Å². The van der Waals surface area contributed by atoms with E-state index in [0.29, 0.717) is 0 Å². The van der Waals surface area contributed by atoms with Crippen LogP contribution in [-0.2, 0) is 6.54 Å². The van der Waals surface area contributed by atoms with E-state index >= 15 is 0 Å². The lowest BCUT2D eigenvalue weighted by Crippen LogP contribution is -2.04. The van der Waals surface area contributed by atoms with Crippen molar-refractivity contribution in [2.75, 3.05) is 5.73 Å². The summed E-state index contributed by atoms with van der Waals surface area (Å²) in [6.07, 6.45) is 0. The number of nitrogens with two attached hydrogens (primary N) is 1. The standard InChI is InChI=1S/C12H14BrN3/c1-8-12(14)9(2)16(15-8)7-10-3-5-11(13)6-4-10/h3-6H,7,14H2,1-2H3. The highest BCUT2D eigenvalue weighted by Crippen LogP contribution is 2.17. The molecule has 0 unspecified atom stereocenters. The monoisotopic (exact) mass is 279 g/mol. The van der Waals surface area contributed by atoms with Gasteiger partial charge in [-0.25, -0.2) is 0 Å². The minimum absolute atomic E-state index is 0.761. The molecule has 1 aromatic carbocycles. The topological polar surface area (TPSA) is 43.8 Å². The fourth-order valence-corrected chi connectivity index (χ4v) is 1.89. The molecule has 1 aromatic heterocycles. The van der Waals surface area contributed by atoms with Gasteiger partial charge in [-0.05, 0) is 31.5 Å². The average Bonchev–Trinajstić information content (AvgIpc) is 2.50. The number of aryl methyl sites for hydroxylation is 1. The summed E-state index contributed by atoms with van der Waals surface area (Å²) in [6.45, 7) is 4.69. The third-order valence-corrected chi connectivity index (χ3v) is 3.21. The van der Waals surface area contributed by atoms with Crippen molar-refractivity contribution in [1.29, 1.82) is 0 Å². The number of benzene rings is 1. The number of halogens is 1. The molecule has 2 rings (SSSR count). The Bertz CT molecular complexity index is 500. The summed E-state index contributed by atoms with van der Waals surface area (Å²) in [6, 6.07) is 8.22. The molecule has 0 radical (unpaired) electrons. The van der Waals surface area contributed by atoms with Gasteiger partial charge < -0.3 is 5.73 Å². The maximum absolute atomic E-state index is 5.89. The summed E-state index contributed by atoms with van der Waals surface area (Å²) in [4.78, 5) is 0. The lowest BCUT2D eigenvalue weighted by molar-refractivity contribution is 0.659. The molecule has 0 saturated carbocycles. The average molecular weight is 280 g/mol. The highest BCUT2D eigenvalue weighted by Gasteiger charge is 2.07. The minimum atomic E-state index is 0.761. The van der Waals surface area contributed by atoms with E-state index in [1.54, 1.807) is 0 Å². The van der Waals surface area contributed by atoms with E-state index in [1.807, 2.05) is 30.7 Å². The van der Waals surface area contributed by atoms with Gasteiger partial charge >= 0.3 is 0 Å². The Morgan fingerprint density at radius 3 is 2.38 bits per heavy atom. The number of nitrogens with zero attached hydrogens (tertiary/aromatic N) is 2. The smallest absolute Gasteiger partial charge is 0.0826 e. The fourth-order valence-electron chi connectivity index (χ4n) is 1.63. The summed E-state index contributed by atoms with van der Waals surface area (Å²) < 4.78 is 3.03. The lowest BCUT2D eigenvalue weighted by Gasteiger charge is -2.04. The van der Waals surface area contributed by atoms with E-state index in [2.05, 4.69) is 33.2 Å². The minimum Gasteiger partial charge on any atom is -0.396 e. The highest BCUT2D eigenvalue weighted by molar-refractivity contribution is 9.10. The zero-order valence-corrected chi connectivity index (χ0v) is 11.0. The largest absolute Gasteiger partial charge is 0.396 e. The van der Waals surface area contributed by atoms with E-state index in [9.17, 15) is 0 Å². The second-order valence-electron chi connectivity index (χ2n) is 3.87. The maximum atomic E-state index is 5.89. The molecule has 84 valence electrons. The van der Waals surface area contributed by atoms with Crippen LogP contribution in [0.2, 0.25) is 0 Å². The van der Waals surface area contributed by atoms with Gasteiger partial charge in [-0.2, -0.15) is 5.10 Å². The Labute approximate surface area is 103 Å². The number of nitrogen functional groups attached to an aromatic ring is 1. The first-order valence-electron chi connectivity index (χ1n) is 5.12. The van der Waals surface area contributed by atoms with Gasteiger partial charge in [0.2, 0.25) is 0 Å². The van der Waals surface area contributed by atoms with Gasteiger partial charge in [0, 0.05) is 4.47 Å². The number of anilines is 1. The molecule has 2 aromatic rings. The molecule has 16 heavy (non-hydrogen) atoms. The molecule has 0 saturated heterocycles. The molecule has 0 bridgehead atoms. The SMILES string of the molecule is Cc1nn(Cc2ccc(Br)cc2)c(C)c1N. The van der Waals surface area contributed by atoms with E-state index in [-0.39, 0.29) is 0 Å². The Kier molecular flexibility index (Phi) is 3.01. The van der Waals surface area contributed by atoms with Crippen LogP contribution in [0.25, 0.3) is 0 Å². The Balaban J connectivity index is 2.27. The molecule has 0 amide bonds. The normalized spacial score (nSPS) is 10.7. The van der Waals surface area contributed by atoms with Gasteiger partial charge in [-0.15, -0.1) is 0 Å². The van der Waals surface area contributed by atoms with Crippen molar-refractivity contribution in [3.63, 3.8) is 0 Å². The van der Waals surface area contributed by atoms with Crippen molar-refractivity contribution >= 4 is 21.6 Å². The molecule has 2 N–H and O–H groups in total. The Morgan fingerprint density at radius 1 is 1.25 bits per heavy atom.